The number of nitrogens with one attached hydrogen (secondary N) is 1. The van der Waals surface area contributed by atoms with E-state index >= 15 is 0 Å². The normalized spacial score (nSPS) is 10.4. The van der Waals surface area contributed by atoms with Crippen LogP contribution in [0, 0.1) is 0 Å². The number of carbonyl (C=O) groups is 1. The van der Waals surface area contributed by atoms with Gasteiger partial charge in [0, 0.05) is 6.54 Å². The number of rotatable bonds is 5. The van der Waals surface area contributed by atoms with Gasteiger partial charge in [-0.15, -0.1) is 6.58 Å². The maximum atomic E-state index is 11.3. The van der Waals surface area contributed by atoms with E-state index in [-0.39, 0.29) is 5.91 Å². The van der Waals surface area contributed by atoms with Gasteiger partial charge in [0.2, 0.25) is 5.91 Å². The van der Waals surface area contributed by atoms with E-state index < -0.39 is 0 Å². The highest BCUT2D eigenvalue weighted by atomic mass is 32.2. The molecule has 0 spiro atoms. The maximum absolute atomic E-state index is 11.3. The molecule has 0 saturated carbocycles. The van der Waals surface area contributed by atoms with Crippen LogP contribution >= 0.6 is 11.8 Å². The molecule has 0 radical (unpaired) electrons. The van der Waals surface area contributed by atoms with E-state index in [1.54, 1.807) is 6.08 Å². The van der Waals surface area contributed by atoms with Crippen LogP contribution in [0.5, 0.6) is 0 Å². The number of carbonyl (C=O) groups excluding carboxylic acids is 1. The van der Waals surface area contributed by atoms with Crippen LogP contribution in [0.15, 0.2) is 46.6 Å². The fourth-order valence-corrected chi connectivity index (χ4v) is 1.95. The van der Waals surface area contributed by atoms with Crippen LogP contribution in [-0.4, -0.2) is 23.2 Å². The van der Waals surface area contributed by atoms with Crippen molar-refractivity contribution < 1.29 is 9.21 Å². The number of hydrogen-bond acceptors (Lipinski definition) is 4. The third-order valence-corrected chi connectivity index (χ3v) is 2.87. The molecule has 0 aliphatic heterocycles. The van der Waals surface area contributed by atoms with Crippen molar-refractivity contribution in [2.24, 2.45) is 0 Å². The second kappa shape index (κ2) is 5.54. The number of benzene rings is 1. The molecule has 2 rings (SSSR count). The Balaban J connectivity index is 1.94. The van der Waals surface area contributed by atoms with Crippen molar-refractivity contribution in [3.63, 3.8) is 0 Å². The van der Waals surface area contributed by atoms with Crippen LogP contribution in [0.4, 0.5) is 0 Å². The van der Waals surface area contributed by atoms with Crippen LogP contribution in [0.2, 0.25) is 0 Å². The third kappa shape index (κ3) is 3.10. The van der Waals surface area contributed by atoms with Gasteiger partial charge in [0.05, 0.1) is 5.75 Å². The van der Waals surface area contributed by atoms with Crippen LogP contribution in [0.1, 0.15) is 0 Å². The number of thioether (sulfide) groups is 1. The summed E-state index contributed by atoms with van der Waals surface area (Å²) in [5.41, 5.74) is 1.54. The summed E-state index contributed by atoms with van der Waals surface area (Å²) in [6.45, 7) is 4.01. The molecule has 0 aliphatic rings. The van der Waals surface area contributed by atoms with E-state index in [1.165, 1.54) is 11.8 Å². The topological polar surface area (TPSA) is 55.1 Å². The van der Waals surface area contributed by atoms with Gasteiger partial charge in [0.15, 0.2) is 5.58 Å². The number of fused-ring (bicyclic) bond motifs is 1. The molecule has 5 heteroatoms. The number of amides is 1. The van der Waals surface area contributed by atoms with E-state index in [4.69, 9.17) is 4.42 Å². The Hall–Kier alpha value is -1.75. The Labute approximate surface area is 103 Å². The standard InChI is InChI=1S/C12H12N2O2S/c1-2-7-13-11(15)8-17-12-14-9-5-3-4-6-10(9)16-12/h2-6H,1,7-8H2,(H,13,15). The zero-order chi connectivity index (χ0) is 12.1. The van der Waals surface area contributed by atoms with Crippen LogP contribution < -0.4 is 5.32 Å². The van der Waals surface area contributed by atoms with Gasteiger partial charge >= 0.3 is 0 Å². The molecule has 0 bridgehead atoms. The summed E-state index contributed by atoms with van der Waals surface area (Å²) in [7, 11) is 0. The fraction of sp³-hybridized carbons (Fsp3) is 0.167. The molecule has 0 unspecified atom stereocenters. The quantitative estimate of drug-likeness (QED) is 0.651. The molecule has 0 aliphatic carbocycles. The third-order valence-electron chi connectivity index (χ3n) is 2.04. The minimum Gasteiger partial charge on any atom is -0.431 e. The number of hydrogen-bond donors (Lipinski definition) is 1. The summed E-state index contributed by atoms with van der Waals surface area (Å²) < 4.78 is 5.47. The Bertz CT molecular complexity index is 503. The smallest absolute Gasteiger partial charge is 0.257 e. The predicted molar refractivity (Wildman–Crippen MR) is 67.9 cm³/mol. The second-order valence-corrected chi connectivity index (χ2v) is 4.26. The van der Waals surface area contributed by atoms with Gasteiger partial charge in [-0.25, -0.2) is 4.98 Å². The van der Waals surface area contributed by atoms with Crippen molar-refractivity contribution in [1.82, 2.24) is 10.3 Å². The van der Waals surface area contributed by atoms with E-state index in [1.807, 2.05) is 24.3 Å². The zero-order valence-electron chi connectivity index (χ0n) is 9.18. The van der Waals surface area contributed by atoms with Crippen molar-refractivity contribution in [2.45, 2.75) is 5.22 Å². The molecule has 0 saturated heterocycles. The van der Waals surface area contributed by atoms with E-state index in [2.05, 4.69) is 16.9 Å². The first-order chi connectivity index (χ1) is 8.29. The summed E-state index contributed by atoms with van der Waals surface area (Å²) in [5.74, 6) is 0.234. The Morgan fingerprint density at radius 1 is 1.53 bits per heavy atom. The Morgan fingerprint density at radius 2 is 2.35 bits per heavy atom. The molecule has 88 valence electrons. The van der Waals surface area contributed by atoms with Crippen molar-refractivity contribution in [3.8, 4) is 0 Å². The summed E-state index contributed by atoms with van der Waals surface area (Å²) in [5, 5.41) is 3.20. The molecule has 1 heterocycles. The highest BCUT2D eigenvalue weighted by Gasteiger charge is 2.07. The second-order valence-electron chi connectivity index (χ2n) is 3.33. The minimum absolute atomic E-state index is 0.0582. The van der Waals surface area contributed by atoms with Crippen molar-refractivity contribution >= 4 is 28.8 Å². The van der Waals surface area contributed by atoms with Crippen molar-refractivity contribution in [2.75, 3.05) is 12.3 Å². The molecular formula is C12H12N2O2S. The molecule has 1 amide bonds. The van der Waals surface area contributed by atoms with Crippen molar-refractivity contribution in [3.05, 3.63) is 36.9 Å². The first-order valence-electron chi connectivity index (χ1n) is 5.15. The summed E-state index contributed by atoms with van der Waals surface area (Å²) in [6, 6.07) is 7.51. The Morgan fingerprint density at radius 3 is 3.12 bits per heavy atom. The van der Waals surface area contributed by atoms with Gasteiger partial charge in [0.25, 0.3) is 5.22 Å². The molecular weight excluding hydrogens is 236 g/mol. The SMILES string of the molecule is C=CCNC(=O)CSc1nc2ccccc2o1. The lowest BCUT2D eigenvalue weighted by Gasteiger charge is -1.98. The van der Waals surface area contributed by atoms with Gasteiger partial charge in [0.1, 0.15) is 5.52 Å². The lowest BCUT2D eigenvalue weighted by atomic mass is 10.3. The average Bonchev–Trinajstić information content (AvgIpc) is 2.76. The molecule has 4 nitrogen and oxygen atoms in total. The first-order valence-corrected chi connectivity index (χ1v) is 6.14. The summed E-state index contributed by atoms with van der Waals surface area (Å²) >= 11 is 1.28. The average molecular weight is 248 g/mol. The molecule has 1 N–H and O–H groups in total. The molecule has 0 atom stereocenters. The number of nitrogens with zero attached hydrogens (tertiary/aromatic N) is 1. The van der Waals surface area contributed by atoms with Gasteiger partial charge in [-0.2, -0.15) is 0 Å². The predicted octanol–water partition coefficient (Wildman–Crippen LogP) is 2.22. The maximum Gasteiger partial charge on any atom is 0.257 e. The molecule has 17 heavy (non-hydrogen) atoms. The van der Waals surface area contributed by atoms with Crippen LogP contribution in [-0.2, 0) is 4.79 Å². The highest BCUT2D eigenvalue weighted by Crippen LogP contribution is 2.22. The summed E-state index contributed by atoms with van der Waals surface area (Å²) in [4.78, 5) is 15.6. The van der Waals surface area contributed by atoms with Crippen molar-refractivity contribution in [1.29, 1.82) is 0 Å². The largest absolute Gasteiger partial charge is 0.431 e. The fourth-order valence-electron chi connectivity index (χ4n) is 1.28. The zero-order valence-corrected chi connectivity index (χ0v) is 10.00. The first kappa shape index (κ1) is 11.7. The molecule has 0 fully saturated rings. The molecule has 2 aromatic rings. The minimum atomic E-state index is -0.0582. The van der Waals surface area contributed by atoms with Gasteiger partial charge in [-0.05, 0) is 12.1 Å². The van der Waals surface area contributed by atoms with Gasteiger partial charge in [-0.3, -0.25) is 4.79 Å². The van der Waals surface area contributed by atoms with E-state index in [0.717, 1.165) is 11.1 Å². The molecule has 1 aromatic carbocycles. The number of aromatic nitrogens is 1. The van der Waals surface area contributed by atoms with E-state index in [0.29, 0.717) is 17.5 Å². The van der Waals surface area contributed by atoms with Gasteiger partial charge in [-0.1, -0.05) is 30.0 Å². The monoisotopic (exact) mass is 248 g/mol. The van der Waals surface area contributed by atoms with Crippen LogP contribution in [0.25, 0.3) is 11.1 Å². The highest BCUT2D eigenvalue weighted by molar-refractivity contribution is 7.99. The summed E-state index contributed by atoms with van der Waals surface area (Å²) in [6.07, 6.45) is 1.64. The lowest BCUT2D eigenvalue weighted by Crippen LogP contribution is -2.24. The lowest BCUT2D eigenvalue weighted by molar-refractivity contribution is -0.118. The Kier molecular flexibility index (Phi) is 3.82. The van der Waals surface area contributed by atoms with Crippen LogP contribution in [0.3, 0.4) is 0 Å². The number of para-hydroxylation sites is 2. The molecule has 1 aromatic heterocycles. The number of oxazole rings is 1. The van der Waals surface area contributed by atoms with Gasteiger partial charge < -0.3 is 9.73 Å². The van der Waals surface area contributed by atoms with E-state index in [9.17, 15) is 4.79 Å².